The van der Waals surface area contributed by atoms with Crippen molar-refractivity contribution < 1.29 is 9.53 Å². The average molecular weight is 359 g/mol. The Kier molecular flexibility index (Phi) is 5.92. The van der Waals surface area contributed by atoms with Crippen molar-refractivity contribution in [2.45, 2.75) is 26.8 Å². The highest BCUT2D eigenvalue weighted by atomic mass is 16.5. The first kappa shape index (κ1) is 18.7. The Bertz CT molecular complexity index is 924. The van der Waals surface area contributed by atoms with Gasteiger partial charge in [-0.1, -0.05) is 66.7 Å². The lowest BCUT2D eigenvalue weighted by molar-refractivity contribution is -0.142. The summed E-state index contributed by atoms with van der Waals surface area (Å²) >= 11 is 0. The van der Waals surface area contributed by atoms with Crippen LogP contribution in [0.4, 0.5) is 0 Å². The largest absolute Gasteiger partial charge is 0.466 e. The van der Waals surface area contributed by atoms with Gasteiger partial charge in [-0.2, -0.15) is 0 Å². The van der Waals surface area contributed by atoms with Crippen molar-refractivity contribution in [3.63, 3.8) is 0 Å². The van der Waals surface area contributed by atoms with Crippen molar-refractivity contribution in [3.8, 4) is 22.4 Å². The molecule has 0 saturated heterocycles. The Labute approximate surface area is 160 Å². The van der Waals surface area contributed by atoms with Gasteiger partial charge >= 0.3 is 5.97 Å². The number of hydrogen-bond acceptors (Lipinski definition) is 2. The molecule has 138 valence electrons. The number of esters is 1. The van der Waals surface area contributed by atoms with E-state index >= 15 is 0 Å². The van der Waals surface area contributed by atoms with E-state index in [1.54, 1.807) is 0 Å². The van der Waals surface area contributed by atoms with E-state index in [4.69, 9.17) is 4.74 Å². The lowest BCUT2D eigenvalue weighted by atomic mass is 9.95. The zero-order valence-corrected chi connectivity index (χ0v) is 15.9. The molecule has 0 atom stereocenters. The molecule has 0 bridgehead atoms. The van der Waals surface area contributed by atoms with Crippen LogP contribution in [0.5, 0.6) is 0 Å². The van der Waals surface area contributed by atoms with Crippen LogP contribution in [0.2, 0.25) is 0 Å². The van der Waals surface area contributed by atoms with Gasteiger partial charge in [0.15, 0.2) is 0 Å². The van der Waals surface area contributed by atoms with Crippen LogP contribution in [0.1, 0.15) is 18.2 Å². The van der Waals surface area contributed by atoms with Gasteiger partial charge in [0.2, 0.25) is 0 Å². The minimum Gasteiger partial charge on any atom is -0.466 e. The topological polar surface area (TPSA) is 31.2 Å². The van der Waals surface area contributed by atoms with Gasteiger partial charge in [-0.05, 0) is 30.5 Å². The first-order chi connectivity index (χ1) is 13.2. The first-order valence-corrected chi connectivity index (χ1v) is 9.26. The second-order valence-corrected chi connectivity index (χ2v) is 6.40. The van der Waals surface area contributed by atoms with Crippen molar-refractivity contribution in [1.82, 2.24) is 4.57 Å². The smallest absolute Gasteiger partial charge is 0.310 e. The summed E-state index contributed by atoms with van der Waals surface area (Å²) in [6.07, 6.45) is 2.15. The van der Waals surface area contributed by atoms with Crippen LogP contribution in [0.25, 0.3) is 22.4 Å². The number of allylic oxidation sites excluding steroid dienone is 1. The molecule has 3 aromatic rings. The lowest BCUT2D eigenvalue weighted by Gasteiger charge is -2.12. The summed E-state index contributed by atoms with van der Waals surface area (Å²) in [6.45, 7) is 8.89. The number of benzene rings is 2. The molecule has 1 aromatic heterocycles. The number of nitrogens with zero attached hydrogens (tertiary/aromatic N) is 1. The zero-order valence-electron chi connectivity index (χ0n) is 15.9. The Morgan fingerprint density at radius 3 is 2.19 bits per heavy atom. The number of aromatic nitrogens is 1. The molecule has 3 rings (SSSR count). The molecule has 0 aliphatic carbocycles. The molecule has 27 heavy (non-hydrogen) atoms. The molecular formula is C24H25NO2. The van der Waals surface area contributed by atoms with E-state index in [0.29, 0.717) is 13.2 Å². The van der Waals surface area contributed by atoms with E-state index in [0.717, 1.165) is 33.6 Å². The normalized spacial score (nSPS) is 10.6. The summed E-state index contributed by atoms with van der Waals surface area (Å²) in [7, 11) is 0. The van der Waals surface area contributed by atoms with Crippen LogP contribution in [-0.2, 0) is 22.5 Å². The summed E-state index contributed by atoms with van der Waals surface area (Å²) in [6, 6.07) is 20.5. The van der Waals surface area contributed by atoms with Gasteiger partial charge in [-0.15, -0.1) is 6.58 Å². The van der Waals surface area contributed by atoms with E-state index < -0.39 is 0 Å². The van der Waals surface area contributed by atoms with E-state index in [9.17, 15) is 4.79 Å². The second kappa shape index (κ2) is 8.54. The SMILES string of the molecule is C=CCn1c(C)c(CC(=O)OCC)c(-c2ccccc2)c1-c1ccccc1. The van der Waals surface area contributed by atoms with Crippen molar-refractivity contribution in [1.29, 1.82) is 0 Å². The van der Waals surface area contributed by atoms with Gasteiger partial charge in [-0.25, -0.2) is 0 Å². The fraction of sp³-hybridized carbons (Fsp3) is 0.208. The van der Waals surface area contributed by atoms with Crippen LogP contribution in [-0.4, -0.2) is 17.1 Å². The molecule has 0 radical (unpaired) electrons. The number of hydrogen-bond donors (Lipinski definition) is 0. The number of ether oxygens (including phenoxy) is 1. The fourth-order valence-electron chi connectivity index (χ4n) is 3.53. The fourth-order valence-corrected chi connectivity index (χ4v) is 3.53. The molecule has 0 aliphatic heterocycles. The van der Waals surface area contributed by atoms with Gasteiger partial charge in [0.25, 0.3) is 0 Å². The van der Waals surface area contributed by atoms with Crippen LogP contribution >= 0.6 is 0 Å². The summed E-state index contributed by atoms with van der Waals surface area (Å²) < 4.78 is 7.47. The van der Waals surface area contributed by atoms with E-state index in [2.05, 4.69) is 42.3 Å². The maximum atomic E-state index is 12.3. The summed E-state index contributed by atoms with van der Waals surface area (Å²) in [5, 5.41) is 0. The monoisotopic (exact) mass is 359 g/mol. The number of carbonyl (C=O) groups is 1. The zero-order chi connectivity index (χ0) is 19.2. The molecule has 0 amide bonds. The van der Waals surface area contributed by atoms with Crippen molar-refractivity contribution in [2.75, 3.05) is 6.61 Å². The van der Waals surface area contributed by atoms with Crippen molar-refractivity contribution in [2.24, 2.45) is 0 Å². The third-order valence-electron chi connectivity index (χ3n) is 4.70. The molecule has 1 heterocycles. The van der Waals surface area contributed by atoms with Crippen LogP contribution in [0.15, 0.2) is 73.3 Å². The van der Waals surface area contributed by atoms with Gasteiger partial charge in [0.05, 0.1) is 18.7 Å². The molecule has 0 spiro atoms. The van der Waals surface area contributed by atoms with Crippen molar-refractivity contribution >= 4 is 5.97 Å². The molecular weight excluding hydrogens is 334 g/mol. The predicted octanol–water partition coefficient (Wildman–Crippen LogP) is 5.42. The van der Waals surface area contributed by atoms with Crippen LogP contribution < -0.4 is 0 Å². The van der Waals surface area contributed by atoms with Crippen LogP contribution in [0, 0.1) is 6.92 Å². The first-order valence-electron chi connectivity index (χ1n) is 9.26. The van der Waals surface area contributed by atoms with Crippen LogP contribution in [0.3, 0.4) is 0 Å². The Hall–Kier alpha value is -3.07. The standard InChI is InChI=1S/C24H25NO2/c1-4-16-25-18(3)21(17-22(26)27-5-2)23(19-12-8-6-9-13-19)24(25)20-14-10-7-11-15-20/h4,6-15H,1,5,16-17H2,2-3H3. The Balaban J connectivity index is 2.29. The maximum Gasteiger partial charge on any atom is 0.310 e. The molecule has 3 nitrogen and oxygen atoms in total. The second-order valence-electron chi connectivity index (χ2n) is 6.40. The highest BCUT2D eigenvalue weighted by Gasteiger charge is 2.24. The number of rotatable bonds is 7. The highest BCUT2D eigenvalue weighted by Crippen LogP contribution is 2.39. The van der Waals surface area contributed by atoms with E-state index in [1.165, 1.54) is 0 Å². The van der Waals surface area contributed by atoms with Gasteiger partial charge < -0.3 is 9.30 Å². The molecule has 2 aromatic carbocycles. The Morgan fingerprint density at radius 1 is 1.04 bits per heavy atom. The van der Waals surface area contributed by atoms with E-state index in [-0.39, 0.29) is 12.4 Å². The number of carbonyl (C=O) groups excluding carboxylic acids is 1. The predicted molar refractivity (Wildman–Crippen MR) is 111 cm³/mol. The lowest BCUT2D eigenvalue weighted by Crippen LogP contribution is -2.09. The average Bonchev–Trinajstić information content (AvgIpc) is 2.96. The minimum absolute atomic E-state index is 0.201. The minimum atomic E-state index is -0.201. The quantitative estimate of drug-likeness (QED) is 0.416. The summed E-state index contributed by atoms with van der Waals surface area (Å²) in [4.78, 5) is 12.3. The molecule has 0 saturated carbocycles. The van der Waals surface area contributed by atoms with E-state index in [1.807, 2.05) is 49.4 Å². The summed E-state index contributed by atoms with van der Waals surface area (Å²) in [5.41, 5.74) is 6.51. The van der Waals surface area contributed by atoms with Gasteiger partial charge in [-0.3, -0.25) is 4.79 Å². The summed E-state index contributed by atoms with van der Waals surface area (Å²) in [5.74, 6) is -0.201. The molecule has 3 heteroatoms. The third-order valence-corrected chi connectivity index (χ3v) is 4.70. The van der Waals surface area contributed by atoms with Gasteiger partial charge in [0, 0.05) is 17.8 Å². The molecule has 0 fully saturated rings. The van der Waals surface area contributed by atoms with Crippen molar-refractivity contribution in [3.05, 3.63) is 84.6 Å². The Morgan fingerprint density at radius 2 is 1.63 bits per heavy atom. The highest BCUT2D eigenvalue weighted by molar-refractivity contribution is 5.88. The molecule has 0 unspecified atom stereocenters. The molecule has 0 aliphatic rings. The third kappa shape index (κ3) is 3.87. The van der Waals surface area contributed by atoms with Gasteiger partial charge in [0.1, 0.15) is 0 Å². The maximum absolute atomic E-state index is 12.3. The molecule has 0 N–H and O–H groups in total.